The molecule has 0 rings (SSSR count). The zero-order valence-electron chi connectivity index (χ0n) is 15.8. The van der Waals surface area contributed by atoms with Crippen LogP contribution in [0.25, 0.3) is 0 Å². The van der Waals surface area contributed by atoms with Crippen LogP contribution in [0.1, 0.15) is 84.0 Å². The summed E-state index contributed by atoms with van der Waals surface area (Å²) in [6.45, 7) is 9.52. The first-order valence-corrected chi connectivity index (χ1v) is 10.3. The molecule has 0 heterocycles. The number of ether oxygens (including phenoxy) is 1. The van der Waals surface area contributed by atoms with Crippen LogP contribution in [0.2, 0.25) is 0 Å². The fraction of sp³-hybridized carbons (Fsp3) is 0.700. The highest BCUT2D eigenvalue weighted by atomic mass is 32.2. The molecule has 0 radical (unpaired) electrons. The van der Waals surface area contributed by atoms with Crippen molar-refractivity contribution < 1.29 is 19.4 Å². The van der Waals surface area contributed by atoms with Crippen LogP contribution in [0.4, 0.5) is 0 Å². The Bertz CT molecular complexity index is 337. The van der Waals surface area contributed by atoms with E-state index in [2.05, 4.69) is 20.1 Å². The third-order valence-corrected chi connectivity index (χ3v) is 3.87. The van der Waals surface area contributed by atoms with E-state index in [1.54, 1.807) is 10.8 Å². The normalized spacial score (nSPS) is 9.64. The summed E-state index contributed by atoms with van der Waals surface area (Å²) in [4.78, 5) is 21.2. The number of carbonyl (C=O) groups is 2. The average Bonchev–Trinajstić information content (AvgIpc) is 2.59. The summed E-state index contributed by atoms with van der Waals surface area (Å²) < 4.78 is 4.93. The maximum absolute atomic E-state index is 11.1. The Morgan fingerprint density at radius 2 is 1.36 bits per heavy atom. The van der Waals surface area contributed by atoms with Gasteiger partial charge in [-0.05, 0) is 23.7 Å². The molecule has 0 aliphatic carbocycles. The van der Waals surface area contributed by atoms with Crippen molar-refractivity contribution in [3.05, 3.63) is 24.0 Å². The van der Waals surface area contributed by atoms with Gasteiger partial charge in [0.2, 0.25) is 0 Å². The molecule has 0 saturated carbocycles. The molecule has 0 fully saturated rings. The summed E-state index contributed by atoms with van der Waals surface area (Å²) in [7, 11) is 0. The first-order valence-electron chi connectivity index (χ1n) is 9.31. The van der Waals surface area contributed by atoms with Crippen LogP contribution in [0.3, 0.4) is 0 Å². The maximum Gasteiger partial charge on any atom is 0.306 e. The van der Waals surface area contributed by atoms with Crippen molar-refractivity contribution in [3.8, 4) is 0 Å². The second-order valence-corrected chi connectivity index (χ2v) is 6.68. The molecule has 0 aliphatic rings. The van der Waals surface area contributed by atoms with E-state index in [4.69, 9.17) is 4.74 Å². The standard InChI is InChI=1S/C16H30O4.C4H6S/c1-2-3-4-5-6-7-8-9-10-11-14-20-16(19)13-12-15(17)18;1-3-5-4-2/h2-14H2,1H3,(H,17,18);3-4H,1-2H2/p-1. The number of aliphatic carboxylic acids is 1. The Morgan fingerprint density at radius 3 is 1.76 bits per heavy atom. The van der Waals surface area contributed by atoms with Gasteiger partial charge in [-0.15, -0.1) is 11.8 Å². The van der Waals surface area contributed by atoms with Crippen LogP contribution in [0, 0.1) is 0 Å². The van der Waals surface area contributed by atoms with Gasteiger partial charge in [0.25, 0.3) is 0 Å². The molecule has 0 aromatic rings. The van der Waals surface area contributed by atoms with Crippen molar-refractivity contribution in [2.24, 2.45) is 0 Å². The van der Waals surface area contributed by atoms with E-state index in [-0.39, 0.29) is 12.8 Å². The minimum Gasteiger partial charge on any atom is -0.550 e. The van der Waals surface area contributed by atoms with Crippen LogP contribution in [-0.2, 0) is 14.3 Å². The molecule has 0 atom stereocenters. The van der Waals surface area contributed by atoms with Crippen LogP contribution in [0.15, 0.2) is 24.0 Å². The van der Waals surface area contributed by atoms with E-state index in [0.717, 1.165) is 12.8 Å². The van der Waals surface area contributed by atoms with E-state index >= 15 is 0 Å². The molecule has 0 spiro atoms. The van der Waals surface area contributed by atoms with Gasteiger partial charge < -0.3 is 14.6 Å². The van der Waals surface area contributed by atoms with Crippen molar-refractivity contribution in [2.75, 3.05) is 6.61 Å². The van der Waals surface area contributed by atoms with Gasteiger partial charge in [-0.1, -0.05) is 77.9 Å². The Kier molecular flexibility index (Phi) is 23.7. The highest BCUT2D eigenvalue weighted by molar-refractivity contribution is 8.04. The molecule has 0 amide bonds. The SMILES string of the molecule is C=CSC=C.CCCCCCCCCCCCOC(=O)CCC(=O)[O-]. The highest BCUT2D eigenvalue weighted by Gasteiger charge is 2.02. The molecule has 4 nitrogen and oxygen atoms in total. The van der Waals surface area contributed by atoms with Crippen LogP contribution >= 0.6 is 11.8 Å². The third kappa shape index (κ3) is 27.9. The summed E-state index contributed by atoms with van der Waals surface area (Å²) >= 11 is 1.49. The predicted molar refractivity (Wildman–Crippen MR) is 105 cm³/mol. The third-order valence-electron chi connectivity index (χ3n) is 3.49. The number of unbranched alkanes of at least 4 members (excludes halogenated alkanes) is 9. The second kappa shape index (κ2) is 22.8. The number of rotatable bonds is 16. The minimum absolute atomic E-state index is 0.0832. The van der Waals surface area contributed by atoms with E-state index in [1.807, 2.05) is 0 Å². The van der Waals surface area contributed by atoms with Crippen molar-refractivity contribution in [3.63, 3.8) is 0 Å². The molecule has 5 heteroatoms. The largest absolute Gasteiger partial charge is 0.550 e. The molecule has 0 saturated heterocycles. The van der Waals surface area contributed by atoms with Gasteiger partial charge >= 0.3 is 5.97 Å². The molecule has 0 N–H and O–H groups in total. The van der Waals surface area contributed by atoms with Crippen molar-refractivity contribution in [2.45, 2.75) is 84.0 Å². The van der Waals surface area contributed by atoms with E-state index in [0.29, 0.717) is 6.61 Å². The Balaban J connectivity index is 0. The minimum atomic E-state index is -1.21. The van der Waals surface area contributed by atoms with Crippen LogP contribution in [-0.4, -0.2) is 18.5 Å². The van der Waals surface area contributed by atoms with E-state index in [1.165, 1.54) is 63.1 Å². The zero-order chi connectivity index (χ0) is 19.2. The Labute approximate surface area is 158 Å². The maximum atomic E-state index is 11.1. The molecule has 0 unspecified atom stereocenters. The average molecular weight is 372 g/mol. The molecular weight excluding hydrogens is 336 g/mol. The summed E-state index contributed by atoms with van der Waals surface area (Å²) in [6, 6.07) is 0. The number of carbonyl (C=O) groups excluding carboxylic acids is 2. The Hall–Kier alpha value is -1.23. The van der Waals surface area contributed by atoms with Gasteiger partial charge in [0.1, 0.15) is 0 Å². The summed E-state index contributed by atoms with van der Waals surface area (Å²) in [6.07, 6.45) is 12.0. The van der Waals surface area contributed by atoms with Gasteiger partial charge in [0.15, 0.2) is 0 Å². The fourth-order valence-electron chi connectivity index (χ4n) is 2.12. The molecule has 0 aliphatic heterocycles. The highest BCUT2D eigenvalue weighted by Crippen LogP contribution is 2.10. The van der Waals surface area contributed by atoms with Crippen LogP contribution < -0.4 is 5.11 Å². The van der Waals surface area contributed by atoms with Crippen molar-refractivity contribution in [1.82, 2.24) is 0 Å². The molecular formula is C20H35O4S-. The Morgan fingerprint density at radius 1 is 0.880 bits per heavy atom. The van der Waals surface area contributed by atoms with Gasteiger partial charge in [-0.3, -0.25) is 4.79 Å². The molecule has 146 valence electrons. The number of thioether (sulfide) groups is 1. The molecule has 25 heavy (non-hydrogen) atoms. The molecule has 0 aromatic heterocycles. The summed E-state index contributed by atoms with van der Waals surface area (Å²) in [5, 5.41) is 13.6. The van der Waals surface area contributed by atoms with E-state index < -0.39 is 11.9 Å². The first-order chi connectivity index (χ1) is 12.1. The van der Waals surface area contributed by atoms with Gasteiger partial charge in [0.05, 0.1) is 13.0 Å². The second-order valence-electron chi connectivity index (χ2n) is 5.74. The quantitative estimate of drug-likeness (QED) is 0.282. The first kappa shape index (κ1) is 26.0. The number of carboxylic acid groups (broad SMARTS) is 1. The monoisotopic (exact) mass is 371 g/mol. The number of carboxylic acids is 1. The number of hydrogen-bond donors (Lipinski definition) is 0. The molecule has 0 bridgehead atoms. The lowest BCUT2D eigenvalue weighted by molar-refractivity contribution is -0.305. The lowest BCUT2D eigenvalue weighted by Crippen LogP contribution is -2.23. The summed E-state index contributed by atoms with van der Waals surface area (Å²) in [5.41, 5.74) is 0. The summed E-state index contributed by atoms with van der Waals surface area (Å²) in [5.74, 6) is -1.65. The van der Waals surface area contributed by atoms with Gasteiger partial charge in [-0.25, -0.2) is 0 Å². The number of esters is 1. The lowest BCUT2D eigenvalue weighted by Gasteiger charge is -2.05. The van der Waals surface area contributed by atoms with Gasteiger partial charge in [-0.2, -0.15) is 0 Å². The fourth-order valence-corrected chi connectivity index (χ4v) is 2.26. The predicted octanol–water partition coefficient (Wildman–Crippen LogP) is 4.99. The van der Waals surface area contributed by atoms with Crippen molar-refractivity contribution >= 4 is 23.7 Å². The molecule has 0 aromatic carbocycles. The van der Waals surface area contributed by atoms with E-state index in [9.17, 15) is 14.7 Å². The van der Waals surface area contributed by atoms with Crippen LogP contribution in [0.5, 0.6) is 0 Å². The smallest absolute Gasteiger partial charge is 0.306 e. The topological polar surface area (TPSA) is 66.4 Å². The number of hydrogen-bond acceptors (Lipinski definition) is 5. The van der Waals surface area contributed by atoms with Crippen molar-refractivity contribution in [1.29, 1.82) is 0 Å². The van der Waals surface area contributed by atoms with Gasteiger partial charge in [0, 0.05) is 5.97 Å². The zero-order valence-corrected chi connectivity index (χ0v) is 16.6. The lowest BCUT2D eigenvalue weighted by atomic mass is 10.1.